The van der Waals surface area contributed by atoms with Gasteiger partial charge >= 0.3 is 6.03 Å². The van der Waals surface area contributed by atoms with Gasteiger partial charge in [-0.05, 0) is 12.8 Å². The molecule has 1 atom stereocenters. The zero-order chi connectivity index (χ0) is 13.5. The van der Waals surface area contributed by atoms with E-state index in [1.807, 2.05) is 0 Å². The van der Waals surface area contributed by atoms with Crippen molar-refractivity contribution in [1.82, 2.24) is 15.1 Å². The molecule has 0 radical (unpaired) electrons. The number of fused-ring (bicyclic) bond motifs is 1. The number of rotatable bonds is 1. The molecule has 3 fully saturated rings. The number of piperazine rings is 1. The van der Waals surface area contributed by atoms with E-state index in [4.69, 9.17) is 0 Å². The lowest BCUT2D eigenvalue weighted by Gasteiger charge is -2.39. The number of hydrogen-bond donors (Lipinski definition) is 1. The Balaban J connectivity index is 1.72. The minimum absolute atomic E-state index is 0.0218. The average Bonchev–Trinajstić information content (AvgIpc) is 3.06. The standard InChI is InChI=1S/C13H18N4O2/c14-9-13(3-1-2-4-13)11(18)16-5-6-17-10(8-16)7-15-12(17)19/h10H,1-8H2,(H,15,19). The van der Waals surface area contributed by atoms with Gasteiger partial charge in [0.15, 0.2) is 0 Å². The molecule has 1 unspecified atom stereocenters. The van der Waals surface area contributed by atoms with Gasteiger partial charge in [0.2, 0.25) is 5.91 Å². The van der Waals surface area contributed by atoms with E-state index in [2.05, 4.69) is 11.4 Å². The van der Waals surface area contributed by atoms with Gasteiger partial charge < -0.3 is 15.1 Å². The smallest absolute Gasteiger partial charge is 0.317 e. The summed E-state index contributed by atoms with van der Waals surface area (Å²) in [5.74, 6) is -0.0218. The summed E-state index contributed by atoms with van der Waals surface area (Å²) < 4.78 is 0. The Hall–Kier alpha value is -1.77. The molecule has 6 nitrogen and oxygen atoms in total. The highest BCUT2D eigenvalue weighted by atomic mass is 16.2. The molecule has 1 N–H and O–H groups in total. The predicted molar refractivity (Wildman–Crippen MR) is 67.0 cm³/mol. The van der Waals surface area contributed by atoms with Crippen LogP contribution in [0.3, 0.4) is 0 Å². The Labute approximate surface area is 112 Å². The Morgan fingerprint density at radius 1 is 1.37 bits per heavy atom. The first-order valence-corrected chi connectivity index (χ1v) is 6.91. The van der Waals surface area contributed by atoms with Crippen molar-refractivity contribution in [3.63, 3.8) is 0 Å². The van der Waals surface area contributed by atoms with Crippen molar-refractivity contribution >= 4 is 11.9 Å². The monoisotopic (exact) mass is 262 g/mol. The first-order chi connectivity index (χ1) is 9.16. The largest absolute Gasteiger partial charge is 0.337 e. The van der Waals surface area contributed by atoms with Gasteiger partial charge in [0, 0.05) is 26.2 Å². The molecule has 0 bridgehead atoms. The summed E-state index contributed by atoms with van der Waals surface area (Å²) in [6.07, 6.45) is 3.29. The van der Waals surface area contributed by atoms with Crippen molar-refractivity contribution < 1.29 is 9.59 Å². The quantitative estimate of drug-likeness (QED) is 0.738. The average molecular weight is 262 g/mol. The molecule has 1 saturated carbocycles. The number of nitrogens with one attached hydrogen (secondary N) is 1. The molecular weight excluding hydrogens is 244 g/mol. The molecule has 0 aromatic rings. The number of nitrogens with zero attached hydrogens (tertiary/aromatic N) is 3. The van der Waals surface area contributed by atoms with Crippen LogP contribution >= 0.6 is 0 Å². The number of nitriles is 1. The minimum atomic E-state index is -0.793. The molecule has 1 aliphatic carbocycles. The number of urea groups is 1. The molecule has 3 rings (SSSR count). The van der Waals surface area contributed by atoms with Gasteiger partial charge in [0.1, 0.15) is 5.41 Å². The maximum absolute atomic E-state index is 12.6. The fraction of sp³-hybridized carbons (Fsp3) is 0.769. The first kappa shape index (κ1) is 12.3. The van der Waals surface area contributed by atoms with Gasteiger partial charge in [0.05, 0.1) is 12.1 Å². The zero-order valence-corrected chi connectivity index (χ0v) is 10.9. The third-order valence-electron chi connectivity index (χ3n) is 4.60. The van der Waals surface area contributed by atoms with Gasteiger partial charge in [-0.15, -0.1) is 0 Å². The van der Waals surface area contributed by atoms with Crippen molar-refractivity contribution in [1.29, 1.82) is 5.26 Å². The summed E-state index contributed by atoms with van der Waals surface area (Å²) in [5.41, 5.74) is -0.793. The highest BCUT2D eigenvalue weighted by Crippen LogP contribution is 2.39. The molecule has 0 spiro atoms. The number of hydrogen-bond acceptors (Lipinski definition) is 3. The molecular formula is C13H18N4O2. The topological polar surface area (TPSA) is 76.4 Å². The molecule has 2 heterocycles. The second kappa shape index (κ2) is 4.41. The van der Waals surface area contributed by atoms with Crippen LogP contribution in [0.4, 0.5) is 4.79 Å². The minimum Gasteiger partial charge on any atom is -0.337 e. The van der Waals surface area contributed by atoms with Crippen molar-refractivity contribution in [2.45, 2.75) is 31.7 Å². The Kier molecular flexibility index (Phi) is 2.85. The van der Waals surface area contributed by atoms with Crippen LogP contribution in [-0.2, 0) is 4.79 Å². The van der Waals surface area contributed by atoms with Crippen LogP contribution in [0.1, 0.15) is 25.7 Å². The molecule has 0 aromatic heterocycles. The molecule has 6 heteroatoms. The summed E-state index contributed by atoms with van der Waals surface area (Å²) in [5, 5.41) is 12.2. The number of amides is 3. The van der Waals surface area contributed by atoms with Gasteiger partial charge in [-0.2, -0.15) is 5.26 Å². The van der Waals surface area contributed by atoms with Gasteiger partial charge in [-0.1, -0.05) is 12.8 Å². The van der Waals surface area contributed by atoms with Crippen molar-refractivity contribution in [2.75, 3.05) is 26.2 Å². The second-order valence-electron chi connectivity index (χ2n) is 5.69. The molecule has 19 heavy (non-hydrogen) atoms. The Morgan fingerprint density at radius 2 is 2.11 bits per heavy atom. The molecule has 102 valence electrons. The zero-order valence-electron chi connectivity index (χ0n) is 10.9. The van der Waals surface area contributed by atoms with Crippen molar-refractivity contribution in [3.8, 4) is 6.07 Å². The van der Waals surface area contributed by atoms with E-state index in [1.54, 1.807) is 9.80 Å². The van der Waals surface area contributed by atoms with E-state index in [9.17, 15) is 14.9 Å². The van der Waals surface area contributed by atoms with Gasteiger partial charge in [-0.25, -0.2) is 4.79 Å². The predicted octanol–water partition coefficient (Wildman–Crippen LogP) is 0.306. The fourth-order valence-corrected chi connectivity index (χ4v) is 3.44. The first-order valence-electron chi connectivity index (χ1n) is 6.91. The van der Waals surface area contributed by atoms with Crippen LogP contribution in [0.5, 0.6) is 0 Å². The van der Waals surface area contributed by atoms with E-state index in [1.165, 1.54) is 0 Å². The van der Waals surface area contributed by atoms with Crippen LogP contribution in [-0.4, -0.2) is 54.0 Å². The lowest BCUT2D eigenvalue weighted by molar-refractivity contribution is -0.141. The summed E-state index contributed by atoms with van der Waals surface area (Å²) in [4.78, 5) is 27.7. The van der Waals surface area contributed by atoms with Crippen LogP contribution < -0.4 is 5.32 Å². The summed E-state index contributed by atoms with van der Waals surface area (Å²) >= 11 is 0. The summed E-state index contributed by atoms with van der Waals surface area (Å²) in [7, 11) is 0. The molecule has 3 aliphatic rings. The SMILES string of the molecule is N#CC1(C(=O)N2CCN3C(=O)NCC3C2)CCCC1. The van der Waals surface area contributed by atoms with Gasteiger partial charge in [-0.3, -0.25) is 4.79 Å². The Bertz CT molecular complexity index is 450. The maximum atomic E-state index is 12.6. The van der Waals surface area contributed by atoms with E-state index in [0.29, 0.717) is 39.0 Å². The molecule has 2 aliphatic heterocycles. The van der Waals surface area contributed by atoms with Gasteiger partial charge in [0.25, 0.3) is 0 Å². The molecule has 2 saturated heterocycles. The molecule has 0 aromatic carbocycles. The normalized spacial score (nSPS) is 28.8. The third kappa shape index (κ3) is 1.84. The lowest BCUT2D eigenvalue weighted by Crippen LogP contribution is -2.56. The van der Waals surface area contributed by atoms with Crippen LogP contribution in [0, 0.1) is 16.7 Å². The maximum Gasteiger partial charge on any atom is 0.317 e. The number of carbonyl (C=O) groups excluding carboxylic acids is 2. The second-order valence-corrected chi connectivity index (χ2v) is 5.69. The summed E-state index contributed by atoms with van der Waals surface area (Å²) in [6, 6.07) is 2.29. The highest BCUT2D eigenvalue weighted by molar-refractivity contribution is 5.86. The van der Waals surface area contributed by atoms with Crippen LogP contribution in [0.2, 0.25) is 0 Å². The third-order valence-corrected chi connectivity index (χ3v) is 4.60. The van der Waals surface area contributed by atoms with E-state index in [-0.39, 0.29) is 18.0 Å². The van der Waals surface area contributed by atoms with Crippen molar-refractivity contribution in [2.24, 2.45) is 5.41 Å². The Morgan fingerprint density at radius 3 is 2.79 bits per heavy atom. The molecule has 3 amide bonds. The number of carbonyl (C=O) groups is 2. The fourth-order valence-electron chi connectivity index (χ4n) is 3.44. The highest BCUT2D eigenvalue weighted by Gasteiger charge is 2.46. The van der Waals surface area contributed by atoms with E-state index < -0.39 is 5.41 Å². The van der Waals surface area contributed by atoms with E-state index >= 15 is 0 Å². The van der Waals surface area contributed by atoms with E-state index in [0.717, 1.165) is 12.8 Å². The lowest BCUT2D eigenvalue weighted by atomic mass is 9.86. The van der Waals surface area contributed by atoms with Crippen LogP contribution in [0.15, 0.2) is 0 Å². The van der Waals surface area contributed by atoms with Crippen LogP contribution in [0.25, 0.3) is 0 Å². The van der Waals surface area contributed by atoms with Crippen molar-refractivity contribution in [3.05, 3.63) is 0 Å². The summed E-state index contributed by atoms with van der Waals surface area (Å²) in [6.45, 7) is 2.28.